The second-order valence-corrected chi connectivity index (χ2v) is 3.81. The third-order valence-corrected chi connectivity index (χ3v) is 2.81. The molecule has 0 fully saturated rings. The molecule has 1 aromatic heterocycles. The molecule has 3 heteroatoms. The molecule has 0 aliphatic heterocycles. The van der Waals surface area contributed by atoms with Gasteiger partial charge >= 0.3 is 0 Å². The van der Waals surface area contributed by atoms with Crippen molar-refractivity contribution >= 4 is 0 Å². The van der Waals surface area contributed by atoms with Gasteiger partial charge in [-0.05, 0) is 12.5 Å². The average molecular weight is 195 g/mol. The summed E-state index contributed by atoms with van der Waals surface area (Å²) in [6.45, 7) is 6.53. The molecule has 0 aliphatic carbocycles. The smallest absolute Gasteiger partial charge is 0.0945 e. The summed E-state index contributed by atoms with van der Waals surface area (Å²) in [7, 11) is 2.03. The Morgan fingerprint density at radius 3 is 2.64 bits per heavy atom. The Bertz CT molecular complexity index is 251. The van der Waals surface area contributed by atoms with E-state index in [1.54, 1.807) is 0 Å². The fourth-order valence-corrected chi connectivity index (χ4v) is 1.54. The Balaban J connectivity index is 2.24. The Hall–Kier alpha value is -0.830. The lowest BCUT2D eigenvalue weighted by Crippen LogP contribution is -2.22. The summed E-state index contributed by atoms with van der Waals surface area (Å²) in [6.07, 6.45) is 6.28. The van der Waals surface area contributed by atoms with E-state index in [9.17, 15) is 0 Å². The minimum absolute atomic E-state index is 0.809. The summed E-state index contributed by atoms with van der Waals surface area (Å²) in [5.41, 5.74) is 1.25. The molecule has 3 nitrogen and oxygen atoms in total. The Morgan fingerprint density at radius 2 is 2.14 bits per heavy atom. The highest BCUT2D eigenvalue weighted by atomic mass is 15.0. The van der Waals surface area contributed by atoms with Crippen LogP contribution in [-0.4, -0.2) is 16.1 Å². The van der Waals surface area contributed by atoms with Gasteiger partial charge in [0.25, 0.3) is 0 Å². The van der Waals surface area contributed by atoms with Crippen LogP contribution in [0.3, 0.4) is 0 Å². The SMILES string of the molecule is CCC(CC)CNCc1cncn1C. The van der Waals surface area contributed by atoms with Gasteiger partial charge in [-0.3, -0.25) is 0 Å². The van der Waals surface area contributed by atoms with Crippen molar-refractivity contribution in [3.63, 3.8) is 0 Å². The maximum atomic E-state index is 4.08. The number of aryl methyl sites for hydroxylation is 1. The Labute approximate surface area is 86.5 Å². The molecule has 80 valence electrons. The fourth-order valence-electron chi connectivity index (χ4n) is 1.54. The third kappa shape index (κ3) is 3.14. The summed E-state index contributed by atoms with van der Waals surface area (Å²) in [5, 5.41) is 3.47. The molecule has 0 radical (unpaired) electrons. The number of rotatable bonds is 6. The zero-order chi connectivity index (χ0) is 10.4. The molecule has 0 bridgehead atoms. The van der Waals surface area contributed by atoms with Gasteiger partial charge in [0.15, 0.2) is 0 Å². The van der Waals surface area contributed by atoms with Crippen LogP contribution in [0.5, 0.6) is 0 Å². The number of imidazole rings is 1. The summed E-state index contributed by atoms with van der Waals surface area (Å²) >= 11 is 0. The molecule has 0 saturated carbocycles. The van der Waals surface area contributed by atoms with E-state index in [0.29, 0.717) is 0 Å². The van der Waals surface area contributed by atoms with Crippen molar-refractivity contribution in [2.45, 2.75) is 33.2 Å². The highest BCUT2D eigenvalue weighted by molar-refractivity contribution is 4.96. The van der Waals surface area contributed by atoms with Crippen molar-refractivity contribution in [2.75, 3.05) is 6.54 Å². The minimum Gasteiger partial charge on any atom is -0.337 e. The first-order valence-electron chi connectivity index (χ1n) is 5.43. The molecule has 1 N–H and O–H groups in total. The highest BCUT2D eigenvalue weighted by Gasteiger charge is 2.03. The zero-order valence-corrected chi connectivity index (χ0v) is 9.45. The molecule has 0 unspecified atom stereocenters. The molecule has 1 heterocycles. The van der Waals surface area contributed by atoms with Crippen LogP contribution in [-0.2, 0) is 13.6 Å². The van der Waals surface area contributed by atoms with Crippen LogP contribution >= 0.6 is 0 Å². The van der Waals surface area contributed by atoms with Gasteiger partial charge in [0, 0.05) is 19.8 Å². The van der Waals surface area contributed by atoms with E-state index in [1.807, 2.05) is 19.6 Å². The molecule has 0 atom stereocenters. The van der Waals surface area contributed by atoms with Crippen molar-refractivity contribution in [3.8, 4) is 0 Å². The monoisotopic (exact) mass is 195 g/mol. The van der Waals surface area contributed by atoms with Gasteiger partial charge < -0.3 is 9.88 Å². The van der Waals surface area contributed by atoms with Crippen LogP contribution in [0.2, 0.25) is 0 Å². The lowest BCUT2D eigenvalue weighted by Gasteiger charge is -2.13. The summed E-state index contributed by atoms with van der Waals surface area (Å²) in [6, 6.07) is 0. The largest absolute Gasteiger partial charge is 0.337 e. The Kier molecular flexibility index (Phi) is 4.66. The van der Waals surface area contributed by atoms with E-state index in [4.69, 9.17) is 0 Å². The first-order chi connectivity index (χ1) is 6.77. The number of aromatic nitrogens is 2. The first kappa shape index (κ1) is 11.2. The van der Waals surface area contributed by atoms with E-state index in [2.05, 4.69) is 28.7 Å². The molecule has 0 saturated heterocycles. The standard InChI is InChI=1S/C11H21N3/c1-4-10(5-2)6-12-7-11-8-13-9-14(11)3/h8-10,12H,4-7H2,1-3H3. The third-order valence-electron chi connectivity index (χ3n) is 2.81. The Morgan fingerprint density at radius 1 is 1.43 bits per heavy atom. The molecule has 0 aromatic carbocycles. The van der Waals surface area contributed by atoms with Gasteiger partial charge in [0.05, 0.1) is 12.0 Å². The number of hydrogen-bond donors (Lipinski definition) is 1. The van der Waals surface area contributed by atoms with Crippen molar-refractivity contribution in [1.29, 1.82) is 0 Å². The van der Waals surface area contributed by atoms with Gasteiger partial charge in [0.1, 0.15) is 0 Å². The topological polar surface area (TPSA) is 29.9 Å². The van der Waals surface area contributed by atoms with Crippen LogP contribution in [0, 0.1) is 5.92 Å². The quantitative estimate of drug-likeness (QED) is 0.752. The van der Waals surface area contributed by atoms with Crippen LogP contribution < -0.4 is 5.32 Å². The van der Waals surface area contributed by atoms with Gasteiger partial charge in [0.2, 0.25) is 0 Å². The van der Waals surface area contributed by atoms with Crippen molar-refractivity contribution in [2.24, 2.45) is 13.0 Å². The van der Waals surface area contributed by atoms with Crippen LogP contribution in [0.25, 0.3) is 0 Å². The molecule has 1 aromatic rings. The molecule has 14 heavy (non-hydrogen) atoms. The van der Waals surface area contributed by atoms with E-state index < -0.39 is 0 Å². The van der Waals surface area contributed by atoms with Crippen LogP contribution in [0.15, 0.2) is 12.5 Å². The predicted octanol–water partition coefficient (Wildman–Crippen LogP) is 1.95. The van der Waals surface area contributed by atoms with Gasteiger partial charge in [-0.25, -0.2) is 4.98 Å². The maximum Gasteiger partial charge on any atom is 0.0945 e. The number of nitrogens with one attached hydrogen (secondary N) is 1. The molecular weight excluding hydrogens is 174 g/mol. The summed E-state index contributed by atoms with van der Waals surface area (Å²) in [4.78, 5) is 4.08. The van der Waals surface area contributed by atoms with E-state index in [1.165, 1.54) is 18.5 Å². The van der Waals surface area contributed by atoms with Crippen molar-refractivity contribution in [1.82, 2.24) is 14.9 Å². The maximum absolute atomic E-state index is 4.08. The van der Waals surface area contributed by atoms with E-state index in [0.717, 1.165) is 19.0 Å². The lowest BCUT2D eigenvalue weighted by atomic mass is 10.0. The normalized spacial score (nSPS) is 11.1. The predicted molar refractivity (Wildman–Crippen MR) is 59.0 cm³/mol. The van der Waals surface area contributed by atoms with E-state index in [-0.39, 0.29) is 0 Å². The molecular formula is C11H21N3. The summed E-state index contributed by atoms with van der Waals surface area (Å²) < 4.78 is 2.06. The van der Waals surface area contributed by atoms with E-state index >= 15 is 0 Å². The van der Waals surface area contributed by atoms with Crippen molar-refractivity contribution < 1.29 is 0 Å². The number of hydrogen-bond acceptors (Lipinski definition) is 2. The zero-order valence-electron chi connectivity index (χ0n) is 9.45. The van der Waals surface area contributed by atoms with Gasteiger partial charge in [-0.15, -0.1) is 0 Å². The molecule has 0 amide bonds. The van der Waals surface area contributed by atoms with Crippen LogP contribution in [0.4, 0.5) is 0 Å². The van der Waals surface area contributed by atoms with Crippen molar-refractivity contribution in [3.05, 3.63) is 18.2 Å². The minimum atomic E-state index is 0.809. The van der Waals surface area contributed by atoms with Gasteiger partial charge in [-0.2, -0.15) is 0 Å². The molecule has 1 rings (SSSR count). The lowest BCUT2D eigenvalue weighted by molar-refractivity contribution is 0.446. The first-order valence-corrected chi connectivity index (χ1v) is 5.43. The fraction of sp³-hybridized carbons (Fsp3) is 0.727. The molecule has 0 spiro atoms. The summed E-state index contributed by atoms with van der Waals surface area (Å²) in [5.74, 6) is 0.809. The number of nitrogens with zero attached hydrogens (tertiary/aromatic N) is 2. The van der Waals surface area contributed by atoms with Crippen LogP contribution in [0.1, 0.15) is 32.4 Å². The van der Waals surface area contributed by atoms with Gasteiger partial charge in [-0.1, -0.05) is 26.7 Å². The average Bonchev–Trinajstić information content (AvgIpc) is 2.59. The molecule has 0 aliphatic rings. The second kappa shape index (κ2) is 5.81. The second-order valence-electron chi connectivity index (χ2n) is 3.81. The highest BCUT2D eigenvalue weighted by Crippen LogP contribution is 2.05.